The van der Waals surface area contributed by atoms with Crippen molar-refractivity contribution in [3.63, 3.8) is 0 Å². The fourth-order valence-electron chi connectivity index (χ4n) is 15.4. The summed E-state index contributed by atoms with van der Waals surface area (Å²) in [6.07, 6.45) is 7.55. The van der Waals surface area contributed by atoms with Crippen LogP contribution in [-0.4, -0.2) is 238 Å². The molecular formula is C84H116N3NaO28S. The summed E-state index contributed by atoms with van der Waals surface area (Å²) in [7, 11) is 11.1. The largest absolute Gasteiger partial charge is 1.00 e. The van der Waals surface area contributed by atoms with E-state index in [1.807, 2.05) is 38.0 Å². The summed E-state index contributed by atoms with van der Waals surface area (Å²) in [6.45, 7) is 23.6. The van der Waals surface area contributed by atoms with Crippen LogP contribution >= 0.6 is 0 Å². The molecule has 12 rings (SSSR count). The van der Waals surface area contributed by atoms with Gasteiger partial charge in [0.25, 0.3) is 10.1 Å². The Balaban J connectivity index is 0.000000251. The van der Waals surface area contributed by atoms with E-state index in [2.05, 4.69) is 41.5 Å². The summed E-state index contributed by atoms with van der Waals surface area (Å²) >= 11 is 0. The minimum Gasteiger partial charge on any atom is -0.870 e. The quantitative estimate of drug-likeness (QED) is 0.0249. The van der Waals surface area contributed by atoms with Crippen molar-refractivity contribution in [1.29, 1.82) is 0 Å². The first-order valence-corrected chi connectivity index (χ1v) is 39.3. The number of rotatable bonds is 32. The third-order valence-corrected chi connectivity index (χ3v) is 22.0. The van der Waals surface area contributed by atoms with Gasteiger partial charge in [0.2, 0.25) is 0 Å². The maximum absolute atomic E-state index is 13.0. The van der Waals surface area contributed by atoms with Gasteiger partial charge in [0.1, 0.15) is 29.9 Å². The predicted molar refractivity (Wildman–Crippen MR) is 430 cm³/mol. The number of carbonyl (C=O) groups is 3. The number of aromatic nitrogens is 3. The first-order chi connectivity index (χ1) is 54.0. The van der Waals surface area contributed by atoms with Gasteiger partial charge in [-0.15, -0.1) is 0 Å². The molecule has 3 atom stereocenters. The molecule has 0 aliphatic carbocycles. The number of ether oxygens (including phenoxy) is 16. The number of benzene rings is 3. The maximum atomic E-state index is 13.0. The molecule has 3 aromatic carbocycles. The van der Waals surface area contributed by atoms with Crippen LogP contribution in [0, 0.1) is 32.5 Å². The topological polar surface area (TPSA) is 379 Å². The molecule has 3 N–H and O–H groups in total. The standard InChI is InChI=1S/C28H37NO8.C26H33NO8.C22H27NO6.C7H14O5S.CH4.Na.H2O/c1-7-36-26(31)20-12-29-21(11-22(20)30)19-10-23(34-6)24(37-17-28(14-33-5)15-35-16-28)8-18(19)9-25(29)27(2,3)13-32-4;1-25(2,11-31-3)23-7-16-6-22(35-15-26(12-32-4)13-34-14-26)21(33-5)8-17(16)19-9-20(28)18(24(29)30)10-27(19)23;1-6-29-21(26)15-11-23-16(10-17(15)24)14-9-19(28-5)18(25)7-13(14)8-20(23)22(2,3)12-27-4;1-10-3-7(4-11-5-7)6-12-13(2,8)9;;;/h8,10-12,25H,7,9,13-17H2,1-6H3;6,8-10,23H,7,11-15H2,1-5H3,(H,29,30);7,9-11,20,25H,6,8,12H2,1-5H3;3-6H2,1-2H3;1H4;;1H2/q;;;;;+1;/p-1. The molecule has 0 amide bonds. The molecule has 6 aliphatic heterocycles. The van der Waals surface area contributed by atoms with Crippen molar-refractivity contribution in [2.75, 3.05) is 183 Å². The van der Waals surface area contributed by atoms with Gasteiger partial charge in [-0.25, -0.2) is 14.4 Å². The van der Waals surface area contributed by atoms with Gasteiger partial charge in [0, 0.05) is 131 Å². The molecule has 3 aromatic heterocycles. The van der Waals surface area contributed by atoms with Gasteiger partial charge in [-0.2, -0.15) is 8.42 Å². The third kappa shape index (κ3) is 22.5. The number of fused-ring (bicyclic) bond motifs is 9. The number of hydrogen-bond acceptors (Lipinski definition) is 27. The number of methoxy groups -OCH3 is 9. The Morgan fingerprint density at radius 1 is 0.462 bits per heavy atom. The summed E-state index contributed by atoms with van der Waals surface area (Å²) < 4.78 is 119. The van der Waals surface area contributed by atoms with Crippen LogP contribution in [0.15, 0.2) is 87.6 Å². The molecule has 3 unspecified atom stereocenters. The Morgan fingerprint density at radius 3 is 1.05 bits per heavy atom. The van der Waals surface area contributed by atoms with E-state index in [0.29, 0.717) is 158 Å². The van der Waals surface area contributed by atoms with Crippen LogP contribution in [0.3, 0.4) is 0 Å². The zero-order valence-electron chi connectivity index (χ0n) is 70.1. The molecule has 117 heavy (non-hydrogen) atoms. The number of nitrogens with zero attached hydrogens (tertiary/aromatic N) is 3. The number of phenolic OH excluding ortho intramolecular Hbond substituents is 1. The zero-order chi connectivity index (χ0) is 83.5. The van der Waals surface area contributed by atoms with Crippen LogP contribution in [0.4, 0.5) is 0 Å². The molecule has 31 nitrogen and oxygen atoms in total. The van der Waals surface area contributed by atoms with E-state index in [1.165, 1.54) is 31.5 Å². The summed E-state index contributed by atoms with van der Waals surface area (Å²) in [6, 6.07) is 15.1. The molecule has 3 saturated heterocycles. The van der Waals surface area contributed by atoms with Crippen LogP contribution < -0.4 is 69.5 Å². The molecule has 6 aliphatic rings. The molecule has 6 aromatic rings. The summed E-state index contributed by atoms with van der Waals surface area (Å²) in [5.74, 6) is 0.210. The average molecular weight is 1670 g/mol. The van der Waals surface area contributed by atoms with Crippen molar-refractivity contribution in [3.8, 4) is 68.3 Å². The van der Waals surface area contributed by atoms with Crippen LogP contribution in [0.5, 0.6) is 34.5 Å². The Kier molecular flexibility index (Phi) is 34.8. The first kappa shape index (κ1) is 98.1. The molecule has 642 valence electrons. The number of carboxylic acids is 1. The van der Waals surface area contributed by atoms with E-state index >= 15 is 0 Å². The molecule has 0 saturated carbocycles. The number of aromatic hydroxyl groups is 1. The van der Waals surface area contributed by atoms with E-state index in [1.54, 1.807) is 95.3 Å². The van der Waals surface area contributed by atoms with Crippen molar-refractivity contribution in [3.05, 3.63) is 137 Å². The van der Waals surface area contributed by atoms with E-state index in [0.717, 1.165) is 39.6 Å². The van der Waals surface area contributed by atoms with Gasteiger partial charge < -0.3 is 105 Å². The van der Waals surface area contributed by atoms with Gasteiger partial charge in [0.15, 0.2) is 50.8 Å². The van der Waals surface area contributed by atoms with Crippen LogP contribution in [-0.2, 0) is 85.7 Å². The second kappa shape index (κ2) is 41.5. The number of carbonyl (C=O) groups excluding carboxylic acids is 2. The molecule has 9 heterocycles. The Hall–Kier alpha value is -7.77. The fourth-order valence-corrected chi connectivity index (χ4v) is 15.9. The minimum absolute atomic E-state index is 0. The minimum atomic E-state index is -3.36. The van der Waals surface area contributed by atoms with Gasteiger partial charge >= 0.3 is 47.5 Å². The third-order valence-electron chi connectivity index (χ3n) is 21.4. The normalized spacial score (nSPS) is 17.3. The monoisotopic (exact) mass is 1670 g/mol. The molecule has 0 spiro atoms. The molecule has 0 bridgehead atoms. The fraction of sp³-hybridized carbons (Fsp3) is 0.571. The maximum Gasteiger partial charge on any atom is 1.00 e. The number of pyridine rings is 3. The van der Waals surface area contributed by atoms with E-state index in [4.69, 9.17) is 80.0 Å². The SMILES string of the molecule is C.CCOC(=O)c1cn2c(cc1=O)-c1cc(OC)c(O)cc1CC2C(C)(C)COC.CCOC(=O)c1cn2c(cc1=O)-c1cc(OC)c(OCC3(COC)COC3)cc1CC2C(C)(C)COC.COCC1(COS(C)(=O)=O)COC1.COCC1(COc2cc3c(cc2OC)-c2cc(=O)c(C(=O)O)cn2C(C(C)(C)COC)C3)COC1.[Na+].[OH-]. The first-order valence-electron chi connectivity index (χ1n) is 37.5. The Bertz CT molecular complexity index is 4730. The van der Waals surface area contributed by atoms with Gasteiger partial charge in [0.05, 0.1) is 160 Å². The van der Waals surface area contributed by atoms with Crippen molar-refractivity contribution < 1.29 is 148 Å². The Morgan fingerprint density at radius 2 is 0.769 bits per heavy atom. The average Bonchev–Trinajstić information content (AvgIpc) is 0.746. The molecular weight excluding hydrogens is 1550 g/mol. The van der Waals surface area contributed by atoms with Crippen molar-refractivity contribution in [1.82, 2.24) is 13.7 Å². The van der Waals surface area contributed by atoms with Gasteiger partial charge in [-0.3, -0.25) is 18.6 Å². The summed E-state index contributed by atoms with van der Waals surface area (Å²) in [5.41, 5.74) is 4.24. The van der Waals surface area contributed by atoms with Crippen LogP contribution in [0.2, 0.25) is 0 Å². The number of hydrogen-bond donors (Lipinski definition) is 2. The molecule has 0 radical (unpaired) electrons. The number of carboxylic acid groups (broad SMARTS) is 1. The molecule has 33 heteroatoms. The Labute approximate surface area is 706 Å². The van der Waals surface area contributed by atoms with Crippen molar-refractivity contribution in [2.24, 2.45) is 32.5 Å². The van der Waals surface area contributed by atoms with Crippen molar-refractivity contribution in [2.45, 2.75) is 100 Å². The predicted octanol–water partition coefficient (Wildman–Crippen LogP) is 6.81. The number of phenols is 1. The van der Waals surface area contributed by atoms with Crippen molar-refractivity contribution >= 4 is 28.0 Å². The van der Waals surface area contributed by atoms with E-state index < -0.39 is 38.9 Å². The number of esters is 2. The van der Waals surface area contributed by atoms with Gasteiger partial charge in [-0.05, 0) is 86.2 Å². The van der Waals surface area contributed by atoms with Crippen LogP contribution in [0.25, 0.3) is 33.8 Å². The molecule has 3 fully saturated rings. The summed E-state index contributed by atoms with van der Waals surface area (Å²) in [5, 5.41) is 19.8. The second-order valence-electron chi connectivity index (χ2n) is 32.0. The number of aromatic carboxylic acids is 1. The van der Waals surface area contributed by atoms with E-state index in [-0.39, 0.29) is 141 Å². The zero-order valence-corrected chi connectivity index (χ0v) is 72.9. The second-order valence-corrected chi connectivity index (χ2v) is 33.7. The summed E-state index contributed by atoms with van der Waals surface area (Å²) in [4.78, 5) is 74.9. The van der Waals surface area contributed by atoms with E-state index in [9.17, 15) is 47.4 Å². The van der Waals surface area contributed by atoms with Gasteiger partial charge in [-0.1, -0.05) is 49.0 Å². The van der Waals surface area contributed by atoms with Crippen LogP contribution in [0.1, 0.15) is 129 Å². The smallest absolute Gasteiger partial charge is 0.870 e.